The summed E-state index contributed by atoms with van der Waals surface area (Å²) in [6.07, 6.45) is 1.21. The molecule has 0 aliphatic carbocycles. The maximum Gasteiger partial charge on any atom is 0.231 e. The summed E-state index contributed by atoms with van der Waals surface area (Å²) in [5, 5.41) is 8.49. The van der Waals surface area contributed by atoms with E-state index in [4.69, 9.17) is 0 Å². The summed E-state index contributed by atoms with van der Waals surface area (Å²) in [5.41, 5.74) is 4.57. The van der Waals surface area contributed by atoms with Gasteiger partial charge in [0.1, 0.15) is 5.01 Å². The number of anilines is 2. The number of nitrogens with zero attached hydrogens (tertiary/aromatic N) is 1. The summed E-state index contributed by atoms with van der Waals surface area (Å²) in [4.78, 5) is 28.7. The summed E-state index contributed by atoms with van der Waals surface area (Å²) >= 11 is 1.47. The Morgan fingerprint density at radius 3 is 2.21 bits per heavy atom. The highest BCUT2D eigenvalue weighted by Crippen LogP contribution is 2.24. The Morgan fingerprint density at radius 2 is 1.59 bits per heavy atom. The first-order valence-electron chi connectivity index (χ1n) is 9.69. The molecule has 0 saturated heterocycles. The summed E-state index contributed by atoms with van der Waals surface area (Å²) in [6, 6.07) is 15.4. The first-order chi connectivity index (χ1) is 13.9. The highest BCUT2D eigenvalue weighted by atomic mass is 32.1. The van der Waals surface area contributed by atoms with E-state index in [9.17, 15) is 9.59 Å². The molecule has 150 valence electrons. The Kier molecular flexibility index (Phi) is 6.77. The number of carbonyl (C=O) groups is 2. The van der Waals surface area contributed by atoms with Gasteiger partial charge in [-0.15, -0.1) is 11.3 Å². The molecule has 0 saturated carbocycles. The molecule has 0 spiro atoms. The molecule has 0 bridgehead atoms. The summed E-state index contributed by atoms with van der Waals surface area (Å²) in [6.45, 7) is 5.82. The second kappa shape index (κ2) is 9.47. The zero-order chi connectivity index (χ0) is 20.8. The fraction of sp³-hybridized carbons (Fsp3) is 0.261. The van der Waals surface area contributed by atoms with Crippen LogP contribution in [0.3, 0.4) is 0 Å². The highest BCUT2D eigenvalue weighted by Gasteiger charge is 2.11. The van der Waals surface area contributed by atoms with E-state index in [1.807, 2.05) is 67.8 Å². The van der Waals surface area contributed by atoms with Crippen molar-refractivity contribution >= 4 is 34.5 Å². The zero-order valence-corrected chi connectivity index (χ0v) is 17.7. The van der Waals surface area contributed by atoms with Gasteiger partial charge in [0.05, 0.1) is 12.1 Å². The summed E-state index contributed by atoms with van der Waals surface area (Å²) in [7, 11) is 0. The van der Waals surface area contributed by atoms with Crippen molar-refractivity contribution in [2.24, 2.45) is 5.92 Å². The molecule has 2 aromatic carbocycles. The van der Waals surface area contributed by atoms with Crippen LogP contribution in [0.25, 0.3) is 11.3 Å². The minimum Gasteiger partial charge on any atom is -0.326 e. The van der Waals surface area contributed by atoms with Gasteiger partial charge in [-0.25, -0.2) is 4.98 Å². The summed E-state index contributed by atoms with van der Waals surface area (Å²) in [5.74, 6) is -0.155. The molecule has 3 rings (SSSR count). The SMILES string of the molecule is CCc1ccc(NC(=O)Cc2nc(-c3ccc(NC(=O)C(C)C)cc3)cs2)cc1. The van der Waals surface area contributed by atoms with Crippen molar-refractivity contribution < 1.29 is 9.59 Å². The molecule has 0 fully saturated rings. The molecule has 2 amide bonds. The number of nitrogens with one attached hydrogen (secondary N) is 2. The van der Waals surface area contributed by atoms with Crippen LogP contribution in [0.15, 0.2) is 53.9 Å². The lowest BCUT2D eigenvalue weighted by atomic mass is 10.1. The number of aryl methyl sites for hydroxylation is 1. The predicted molar refractivity (Wildman–Crippen MR) is 119 cm³/mol. The van der Waals surface area contributed by atoms with Crippen LogP contribution in [0.4, 0.5) is 11.4 Å². The molecule has 0 atom stereocenters. The molecule has 0 radical (unpaired) electrons. The number of thiazole rings is 1. The smallest absolute Gasteiger partial charge is 0.231 e. The van der Waals surface area contributed by atoms with Crippen LogP contribution in [-0.4, -0.2) is 16.8 Å². The van der Waals surface area contributed by atoms with Gasteiger partial charge in [0.25, 0.3) is 0 Å². The Hall–Kier alpha value is -2.99. The second-order valence-corrected chi connectivity index (χ2v) is 8.07. The fourth-order valence-electron chi connectivity index (χ4n) is 2.70. The fourth-order valence-corrected chi connectivity index (χ4v) is 3.50. The molecule has 1 heterocycles. The predicted octanol–water partition coefficient (Wildman–Crippen LogP) is 5.15. The third-order valence-corrected chi connectivity index (χ3v) is 5.33. The van der Waals surface area contributed by atoms with Crippen molar-refractivity contribution in [3.8, 4) is 11.3 Å². The molecular weight excluding hydrogens is 382 g/mol. The number of rotatable bonds is 7. The molecule has 1 aromatic heterocycles. The first-order valence-corrected chi connectivity index (χ1v) is 10.6. The first kappa shape index (κ1) is 20.7. The van der Waals surface area contributed by atoms with E-state index >= 15 is 0 Å². The van der Waals surface area contributed by atoms with E-state index in [2.05, 4.69) is 22.5 Å². The maximum absolute atomic E-state index is 12.3. The van der Waals surface area contributed by atoms with E-state index in [0.29, 0.717) is 0 Å². The number of aromatic nitrogens is 1. The molecule has 29 heavy (non-hydrogen) atoms. The highest BCUT2D eigenvalue weighted by molar-refractivity contribution is 7.10. The topological polar surface area (TPSA) is 71.1 Å². The van der Waals surface area contributed by atoms with Gasteiger partial charge in [-0.3, -0.25) is 9.59 Å². The monoisotopic (exact) mass is 407 g/mol. The van der Waals surface area contributed by atoms with Crippen LogP contribution in [0.1, 0.15) is 31.3 Å². The molecule has 2 N–H and O–H groups in total. The van der Waals surface area contributed by atoms with E-state index < -0.39 is 0 Å². The van der Waals surface area contributed by atoms with Crippen LogP contribution in [0, 0.1) is 5.92 Å². The third kappa shape index (κ3) is 5.74. The van der Waals surface area contributed by atoms with Crippen molar-refractivity contribution in [1.29, 1.82) is 0 Å². The lowest BCUT2D eigenvalue weighted by Gasteiger charge is -2.08. The van der Waals surface area contributed by atoms with Crippen LogP contribution in [0.5, 0.6) is 0 Å². The van der Waals surface area contributed by atoms with E-state index in [1.165, 1.54) is 16.9 Å². The zero-order valence-electron chi connectivity index (χ0n) is 16.9. The van der Waals surface area contributed by atoms with Crippen molar-refractivity contribution in [1.82, 2.24) is 4.98 Å². The average Bonchev–Trinajstić information content (AvgIpc) is 3.17. The van der Waals surface area contributed by atoms with Crippen LogP contribution >= 0.6 is 11.3 Å². The van der Waals surface area contributed by atoms with Crippen molar-refractivity contribution in [2.45, 2.75) is 33.6 Å². The Balaban J connectivity index is 1.59. The van der Waals surface area contributed by atoms with Gasteiger partial charge in [0, 0.05) is 28.2 Å². The average molecular weight is 408 g/mol. The number of carbonyl (C=O) groups excluding carboxylic acids is 2. The minimum absolute atomic E-state index is 0.0101. The van der Waals surface area contributed by atoms with Crippen molar-refractivity contribution in [3.05, 3.63) is 64.5 Å². The number of hydrogen-bond donors (Lipinski definition) is 2. The van der Waals surface area contributed by atoms with Crippen LogP contribution < -0.4 is 10.6 Å². The lowest BCUT2D eigenvalue weighted by Crippen LogP contribution is -2.17. The van der Waals surface area contributed by atoms with E-state index in [1.54, 1.807) is 0 Å². The third-order valence-electron chi connectivity index (χ3n) is 4.48. The van der Waals surface area contributed by atoms with Crippen molar-refractivity contribution in [2.75, 3.05) is 10.6 Å². The molecule has 5 nitrogen and oxygen atoms in total. The van der Waals surface area contributed by atoms with Gasteiger partial charge < -0.3 is 10.6 Å². The normalized spacial score (nSPS) is 10.8. The molecule has 0 aliphatic heterocycles. The molecule has 6 heteroatoms. The molecule has 3 aromatic rings. The maximum atomic E-state index is 12.3. The van der Waals surface area contributed by atoms with Crippen molar-refractivity contribution in [3.63, 3.8) is 0 Å². The van der Waals surface area contributed by atoms with Crippen LogP contribution in [-0.2, 0) is 22.4 Å². The number of hydrogen-bond acceptors (Lipinski definition) is 4. The van der Waals surface area contributed by atoms with Gasteiger partial charge in [0.15, 0.2) is 0 Å². The minimum atomic E-state index is -0.0816. The quantitative estimate of drug-likeness (QED) is 0.569. The van der Waals surface area contributed by atoms with Gasteiger partial charge in [-0.05, 0) is 36.2 Å². The van der Waals surface area contributed by atoms with Gasteiger partial charge in [-0.2, -0.15) is 0 Å². The van der Waals surface area contributed by atoms with E-state index in [0.717, 1.165) is 34.1 Å². The molecule has 0 aliphatic rings. The largest absolute Gasteiger partial charge is 0.326 e. The Bertz CT molecular complexity index is 976. The lowest BCUT2D eigenvalue weighted by molar-refractivity contribution is -0.119. The molecule has 0 unspecified atom stereocenters. The van der Waals surface area contributed by atoms with Crippen LogP contribution in [0.2, 0.25) is 0 Å². The van der Waals surface area contributed by atoms with Gasteiger partial charge >= 0.3 is 0 Å². The van der Waals surface area contributed by atoms with Gasteiger partial charge in [-0.1, -0.05) is 45.0 Å². The Labute approximate surface area is 175 Å². The number of amides is 2. The second-order valence-electron chi connectivity index (χ2n) is 7.12. The standard InChI is InChI=1S/C23H25N3O2S/c1-4-16-5-9-18(10-6-16)24-21(27)13-22-26-20(14-29-22)17-7-11-19(12-8-17)25-23(28)15(2)3/h5-12,14-15H,4,13H2,1-3H3,(H,24,27)(H,25,28). The molecular formula is C23H25N3O2S. The van der Waals surface area contributed by atoms with E-state index in [-0.39, 0.29) is 24.2 Å². The number of benzene rings is 2. The Morgan fingerprint density at radius 1 is 0.966 bits per heavy atom. The van der Waals surface area contributed by atoms with Gasteiger partial charge in [0.2, 0.25) is 11.8 Å². The summed E-state index contributed by atoms with van der Waals surface area (Å²) < 4.78 is 0.